The monoisotopic (exact) mass is 498 g/mol. The van der Waals surface area contributed by atoms with Crippen molar-refractivity contribution in [3.05, 3.63) is 93.0 Å². The zero-order chi connectivity index (χ0) is 21.6. The summed E-state index contributed by atoms with van der Waals surface area (Å²) in [6.45, 7) is 2.04. The fourth-order valence-corrected chi connectivity index (χ4v) is 4.41. The number of H-pyrrole nitrogens is 1. The van der Waals surface area contributed by atoms with Crippen LogP contribution in [0.25, 0.3) is 10.9 Å². The molecule has 1 aromatic heterocycles. The highest BCUT2D eigenvalue weighted by molar-refractivity contribution is 9.10. The molecule has 0 fully saturated rings. The molecule has 6 heteroatoms. The molecule has 2 N–H and O–H groups in total. The van der Waals surface area contributed by atoms with Gasteiger partial charge in [-0.2, -0.15) is 0 Å². The van der Waals surface area contributed by atoms with Gasteiger partial charge in [-0.05, 0) is 75.9 Å². The first-order chi connectivity index (χ1) is 15.1. The second-order valence-corrected chi connectivity index (χ2v) is 8.60. The Morgan fingerprint density at radius 2 is 1.90 bits per heavy atom. The van der Waals surface area contributed by atoms with E-state index in [1.165, 1.54) is 16.5 Å². The number of nitrogens with one attached hydrogen (secondary N) is 2. The highest BCUT2D eigenvalue weighted by Gasteiger charge is 2.12. The van der Waals surface area contributed by atoms with Crippen LogP contribution < -0.4 is 14.8 Å². The van der Waals surface area contributed by atoms with Crippen LogP contribution in [0, 0.1) is 0 Å². The molecule has 1 heterocycles. The largest absolute Gasteiger partial charge is 0.493 e. The minimum atomic E-state index is 0.414. The predicted molar refractivity (Wildman–Crippen MR) is 130 cm³/mol. The van der Waals surface area contributed by atoms with Crippen molar-refractivity contribution < 1.29 is 9.47 Å². The van der Waals surface area contributed by atoms with Crippen LogP contribution in [0.5, 0.6) is 11.5 Å². The van der Waals surface area contributed by atoms with E-state index >= 15 is 0 Å². The van der Waals surface area contributed by atoms with E-state index in [1.807, 2.05) is 30.3 Å². The minimum absolute atomic E-state index is 0.414. The summed E-state index contributed by atoms with van der Waals surface area (Å²) < 4.78 is 12.5. The lowest BCUT2D eigenvalue weighted by molar-refractivity contribution is 0.282. The van der Waals surface area contributed by atoms with E-state index in [2.05, 4.69) is 62.8 Å². The number of ether oxygens (including phenoxy) is 2. The molecule has 0 aliphatic heterocycles. The number of aromatic nitrogens is 1. The normalized spacial score (nSPS) is 11.1. The highest BCUT2D eigenvalue weighted by Crippen LogP contribution is 2.37. The van der Waals surface area contributed by atoms with Gasteiger partial charge in [0.15, 0.2) is 11.5 Å². The molecule has 0 atom stereocenters. The fraction of sp³-hybridized carbons (Fsp3) is 0.200. The zero-order valence-electron chi connectivity index (χ0n) is 17.3. The fourth-order valence-electron chi connectivity index (χ4n) is 3.59. The van der Waals surface area contributed by atoms with Gasteiger partial charge >= 0.3 is 0 Å². The van der Waals surface area contributed by atoms with Crippen molar-refractivity contribution in [1.29, 1.82) is 0 Å². The molecule has 0 bridgehead atoms. The van der Waals surface area contributed by atoms with Crippen LogP contribution in [0.2, 0.25) is 5.02 Å². The summed E-state index contributed by atoms with van der Waals surface area (Å²) in [6, 6.07) is 20.1. The second-order valence-electron chi connectivity index (χ2n) is 7.31. The number of hydrogen-bond acceptors (Lipinski definition) is 3. The van der Waals surface area contributed by atoms with E-state index in [-0.39, 0.29) is 0 Å². The lowest BCUT2D eigenvalue weighted by Gasteiger charge is -2.15. The third-order valence-corrected chi connectivity index (χ3v) is 5.96. The van der Waals surface area contributed by atoms with Gasteiger partial charge in [0, 0.05) is 28.7 Å². The highest BCUT2D eigenvalue weighted by atomic mass is 79.9. The van der Waals surface area contributed by atoms with Gasteiger partial charge < -0.3 is 19.8 Å². The van der Waals surface area contributed by atoms with Crippen molar-refractivity contribution in [2.75, 3.05) is 13.7 Å². The molecule has 31 heavy (non-hydrogen) atoms. The van der Waals surface area contributed by atoms with E-state index < -0.39 is 0 Å². The summed E-state index contributed by atoms with van der Waals surface area (Å²) in [5.74, 6) is 1.38. The number of rotatable bonds is 9. The third-order valence-electron chi connectivity index (χ3n) is 5.14. The maximum Gasteiger partial charge on any atom is 0.175 e. The Morgan fingerprint density at radius 3 is 2.74 bits per heavy atom. The molecule has 0 saturated heterocycles. The lowest BCUT2D eigenvalue weighted by Crippen LogP contribution is -2.16. The van der Waals surface area contributed by atoms with E-state index in [9.17, 15) is 0 Å². The molecule has 0 unspecified atom stereocenters. The standard InChI is InChI=1S/C25H24BrClN2O2/c1-30-24-13-18(12-22(26)25(24)31-16-17-5-4-6-20(27)11-17)14-28-10-9-19-15-29-23-8-3-2-7-21(19)23/h2-8,11-13,15,28-29H,9-10,14,16H2,1H3. The van der Waals surface area contributed by atoms with Crippen LogP contribution in [-0.4, -0.2) is 18.6 Å². The third kappa shape index (κ3) is 5.42. The van der Waals surface area contributed by atoms with Crippen molar-refractivity contribution in [3.63, 3.8) is 0 Å². The molecular weight excluding hydrogens is 476 g/mol. The average Bonchev–Trinajstić information content (AvgIpc) is 3.19. The van der Waals surface area contributed by atoms with Gasteiger partial charge in [0.05, 0.1) is 11.6 Å². The van der Waals surface area contributed by atoms with Crippen LogP contribution in [0.1, 0.15) is 16.7 Å². The Labute approximate surface area is 195 Å². The maximum atomic E-state index is 6.06. The number of fused-ring (bicyclic) bond motifs is 1. The van der Waals surface area contributed by atoms with Crippen LogP contribution >= 0.6 is 27.5 Å². The van der Waals surface area contributed by atoms with Gasteiger partial charge in [-0.1, -0.05) is 41.9 Å². The molecule has 160 valence electrons. The number of hydrogen-bond donors (Lipinski definition) is 2. The predicted octanol–water partition coefficient (Wildman–Crippen LogP) is 6.50. The minimum Gasteiger partial charge on any atom is -0.493 e. The number of halogens is 2. The Hall–Kier alpha value is -2.47. The molecule has 0 radical (unpaired) electrons. The molecule has 0 amide bonds. The van der Waals surface area contributed by atoms with Gasteiger partial charge in [0.25, 0.3) is 0 Å². The molecule has 0 saturated carbocycles. The van der Waals surface area contributed by atoms with Gasteiger partial charge in [0.1, 0.15) is 6.61 Å². The number of aromatic amines is 1. The van der Waals surface area contributed by atoms with Crippen LogP contribution in [0.15, 0.2) is 71.3 Å². The average molecular weight is 500 g/mol. The zero-order valence-corrected chi connectivity index (χ0v) is 19.6. The molecule has 4 rings (SSSR count). The Kier molecular flexibility index (Phi) is 7.17. The van der Waals surface area contributed by atoms with Crippen molar-refractivity contribution in [2.45, 2.75) is 19.6 Å². The van der Waals surface area contributed by atoms with Gasteiger partial charge in [-0.3, -0.25) is 0 Å². The summed E-state index contributed by atoms with van der Waals surface area (Å²) in [5, 5.41) is 5.50. The number of para-hydroxylation sites is 1. The van der Waals surface area contributed by atoms with Crippen LogP contribution in [0.4, 0.5) is 0 Å². The van der Waals surface area contributed by atoms with Gasteiger partial charge in [-0.25, -0.2) is 0 Å². The molecule has 3 aromatic carbocycles. The van der Waals surface area contributed by atoms with E-state index in [0.29, 0.717) is 23.1 Å². The molecule has 0 spiro atoms. The molecule has 0 aliphatic rings. The summed E-state index contributed by atoms with van der Waals surface area (Å²) in [5.41, 5.74) is 4.63. The Balaban J connectivity index is 1.36. The molecule has 4 aromatic rings. The first-order valence-electron chi connectivity index (χ1n) is 10.1. The van der Waals surface area contributed by atoms with Crippen LogP contribution in [0.3, 0.4) is 0 Å². The topological polar surface area (TPSA) is 46.3 Å². The lowest BCUT2D eigenvalue weighted by atomic mass is 10.1. The van der Waals surface area contributed by atoms with E-state index in [0.717, 1.165) is 35.1 Å². The van der Waals surface area contributed by atoms with Crippen LogP contribution in [-0.2, 0) is 19.6 Å². The maximum absolute atomic E-state index is 6.06. The van der Waals surface area contributed by atoms with Crippen molar-refractivity contribution in [1.82, 2.24) is 10.3 Å². The molecular formula is C25H24BrClN2O2. The first-order valence-corrected chi connectivity index (χ1v) is 11.3. The van der Waals surface area contributed by atoms with E-state index in [4.69, 9.17) is 21.1 Å². The number of methoxy groups -OCH3 is 1. The van der Waals surface area contributed by atoms with Gasteiger partial charge in [-0.15, -0.1) is 0 Å². The summed E-state index contributed by atoms with van der Waals surface area (Å²) in [4.78, 5) is 3.33. The summed E-state index contributed by atoms with van der Waals surface area (Å²) >= 11 is 9.69. The van der Waals surface area contributed by atoms with Crippen molar-refractivity contribution in [2.24, 2.45) is 0 Å². The Bertz CT molecular complexity index is 1180. The SMILES string of the molecule is COc1cc(CNCCc2c[nH]c3ccccc23)cc(Br)c1OCc1cccc(Cl)c1. The number of benzene rings is 3. The first kappa shape index (κ1) is 21.8. The summed E-state index contributed by atoms with van der Waals surface area (Å²) in [7, 11) is 1.66. The van der Waals surface area contributed by atoms with Gasteiger partial charge in [0.2, 0.25) is 0 Å². The van der Waals surface area contributed by atoms with Crippen molar-refractivity contribution in [3.8, 4) is 11.5 Å². The smallest absolute Gasteiger partial charge is 0.175 e. The molecule has 4 nitrogen and oxygen atoms in total. The molecule has 0 aliphatic carbocycles. The summed E-state index contributed by atoms with van der Waals surface area (Å²) in [6.07, 6.45) is 3.06. The Morgan fingerprint density at radius 1 is 1.03 bits per heavy atom. The van der Waals surface area contributed by atoms with Crippen molar-refractivity contribution >= 4 is 38.4 Å². The second kappa shape index (κ2) is 10.2. The van der Waals surface area contributed by atoms with E-state index in [1.54, 1.807) is 7.11 Å². The quantitative estimate of drug-likeness (QED) is 0.258.